The summed E-state index contributed by atoms with van der Waals surface area (Å²) in [7, 11) is 1.75. The minimum absolute atomic E-state index is 0.158. The molecule has 0 radical (unpaired) electrons. The molecule has 0 aliphatic carbocycles. The average Bonchev–Trinajstić information content (AvgIpc) is 3.43. The van der Waals surface area contributed by atoms with E-state index in [-0.39, 0.29) is 18.1 Å². The number of carbonyl (C=O) groups is 1. The number of nitrogens with zero attached hydrogens (tertiary/aromatic N) is 4. The topological polar surface area (TPSA) is 72.3 Å². The number of pyridine rings is 1. The van der Waals surface area contributed by atoms with Gasteiger partial charge < -0.3 is 15.0 Å². The first-order valence-electron chi connectivity index (χ1n) is 10.5. The van der Waals surface area contributed by atoms with Crippen LogP contribution in [0.5, 0.6) is 5.75 Å². The second-order valence-corrected chi connectivity index (χ2v) is 8.02. The highest BCUT2D eigenvalue weighted by atomic mass is 19.4. The predicted octanol–water partition coefficient (Wildman–Crippen LogP) is 3.98. The molecule has 1 fully saturated rings. The van der Waals surface area contributed by atoms with Gasteiger partial charge in [-0.1, -0.05) is 18.2 Å². The van der Waals surface area contributed by atoms with E-state index in [0.717, 1.165) is 11.6 Å². The monoisotopic (exact) mass is 459 g/mol. The van der Waals surface area contributed by atoms with Crippen LogP contribution in [0.4, 0.5) is 19.0 Å². The number of hydrogen-bond donors (Lipinski definition) is 1. The van der Waals surface area contributed by atoms with E-state index in [9.17, 15) is 18.0 Å². The van der Waals surface area contributed by atoms with Crippen molar-refractivity contribution in [2.45, 2.75) is 31.7 Å². The molecule has 1 aliphatic rings. The smallest absolute Gasteiger partial charge is 0.433 e. The Balaban J connectivity index is 1.33. The number of amides is 1. The van der Waals surface area contributed by atoms with E-state index in [0.29, 0.717) is 36.6 Å². The number of carbonyl (C=O) groups excluding carboxylic acids is 1. The van der Waals surface area contributed by atoms with Crippen LogP contribution in [0.25, 0.3) is 0 Å². The molecule has 4 rings (SSSR count). The SMILES string of the molecule is C[C@H](NC(=O)c1cnn(C)c1)c1ccc(OC2CCN(c3cccc(C(F)(F)F)n3)C2)cc1. The summed E-state index contributed by atoms with van der Waals surface area (Å²) in [6.07, 6.45) is -0.786. The van der Waals surface area contributed by atoms with Crippen LogP contribution < -0.4 is 15.0 Å². The van der Waals surface area contributed by atoms with E-state index in [1.165, 1.54) is 12.3 Å². The first-order valence-corrected chi connectivity index (χ1v) is 10.5. The summed E-state index contributed by atoms with van der Waals surface area (Å²) < 4.78 is 46.4. The van der Waals surface area contributed by atoms with Gasteiger partial charge in [-0.2, -0.15) is 18.3 Å². The number of rotatable bonds is 6. The Morgan fingerprint density at radius 2 is 1.97 bits per heavy atom. The zero-order chi connectivity index (χ0) is 23.6. The number of benzene rings is 1. The molecule has 2 atom stereocenters. The zero-order valence-electron chi connectivity index (χ0n) is 18.2. The van der Waals surface area contributed by atoms with Crippen molar-refractivity contribution in [3.63, 3.8) is 0 Å². The van der Waals surface area contributed by atoms with Crippen LogP contribution in [0.1, 0.15) is 41.0 Å². The van der Waals surface area contributed by atoms with Crippen molar-refractivity contribution >= 4 is 11.7 Å². The Labute approximate surface area is 189 Å². The Hall–Kier alpha value is -3.56. The molecule has 10 heteroatoms. The second kappa shape index (κ2) is 9.13. The van der Waals surface area contributed by atoms with Gasteiger partial charge in [0.2, 0.25) is 0 Å². The maximum Gasteiger partial charge on any atom is 0.433 e. The number of alkyl halides is 3. The van der Waals surface area contributed by atoms with Crippen molar-refractivity contribution < 1.29 is 22.7 Å². The molecule has 1 N–H and O–H groups in total. The van der Waals surface area contributed by atoms with Crippen LogP contribution in [0.15, 0.2) is 54.9 Å². The fraction of sp³-hybridized carbons (Fsp3) is 0.348. The third kappa shape index (κ3) is 5.44. The maximum absolute atomic E-state index is 12.9. The van der Waals surface area contributed by atoms with Crippen LogP contribution in [-0.4, -0.2) is 39.9 Å². The van der Waals surface area contributed by atoms with Gasteiger partial charge >= 0.3 is 6.18 Å². The number of aromatic nitrogens is 3. The highest BCUT2D eigenvalue weighted by Crippen LogP contribution is 2.30. The van der Waals surface area contributed by atoms with Gasteiger partial charge in [-0.05, 0) is 36.8 Å². The molecule has 7 nitrogen and oxygen atoms in total. The van der Waals surface area contributed by atoms with Crippen molar-refractivity contribution in [1.29, 1.82) is 0 Å². The lowest BCUT2D eigenvalue weighted by Gasteiger charge is -2.19. The lowest BCUT2D eigenvalue weighted by atomic mass is 10.1. The Kier molecular flexibility index (Phi) is 6.26. The van der Waals surface area contributed by atoms with E-state index in [4.69, 9.17) is 4.74 Å². The summed E-state index contributed by atoms with van der Waals surface area (Å²) in [5, 5.41) is 6.93. The molecule has 0 spiro atoms. The summed E-state index contributed by atoms with van der Waals surface area (Å²) >= 11 is 0. The van der Waals surface area contributed by atoms with Gasteiger partial charge in [0.15, 0.2) is 0 Å². The van der Waals surface area contributed by atoms with Gasteiger partial charge in [0.25, 0.3) is 5.91 Å². The molecule has 2 aromatic heterocycles. The largest absolute Gasteiger partial charge is 0.489 e. The number of aryl methyl sites for hydroxylation is 1. The fourth-order valence-electron chi connectivity index (χ4n) is 3.72. The van der Waals surface area contributed by atoms with Gasteiger partial charge in [-0.3, -0.25) is 9.48 Å². The molecule has 1 unspecified atom stereocenters. The molecule has 0 bridgehead atoms. The van der Waals surface area contributed by atoms with Crippen LogP contribution in [0.3, 0.4) is 0 Å². The molecule has 1 amide bonds. The quantitative estimate of drug-likeness (QED) is 0.604. The standard InChI is InChI=1S/C23H24F3N5O2/c1-15(28-22(32)17-12-27-30(2)13-17)16-6-8-18(9-7-16)33-19-10-11-31(14-19)21-5-3-4-20(29-21)23(24,25)26/h3-9,12-13,15,19H,10-11,14H2,1-2H3,(H,28,32)/t15-,19?/m0/s1. The third-order valence-electron chi connectivity index (χ3n) is 5.49. The van der Waals surface area contributed by atoms with Gasteiger partial charge in [-0.15, -0.1) is 0 Å². The number of halogens is 3. The molecule has 3 aromatic rings. The summed E-state index contributed by atoms with van der Waals surface area (Å²) in [6, 6.07) is 11.1. The molecule has 1 aliphatic heterocycles. The van der Waals surface area contributed by atoms with Crippen LogP contribution in [0, 0.1) is 0 Å². The number of hydrogen-bond acceptors (Lipinski definition) is 5. The molecule has 1 aromatic carbocycles. The minimum Gasteiger partial charge on any atom is -0.489 e. The van der Waals surface area contributed by atoms with Crippen molar-refractivity contribution in [3.8, 4) is 5.75 Å². The Morgan fingerprint density at radius 1 is 1.21 bits per heavy atom. The summed E-state index contributed by atoms with van der Waals surface area (Å²) in [4.78, 5) is 17.8. The summed E-state index contributed by atoms with van der Waals surface area (Å²) in [5.41, 5.74) is 0.510. The average molecular weight is 459 g/mol. The van der Waals surface area contributed by atoms with Crippen molar-refractivity contribution in [2.75, 3.05) is 18.0 Å². The van der Waals surface area contributed by atoms with Crippen molar-refractivity contribution in [3.05, 3.63) is 71.7 Å². The van der Waals surface area contributed by atoms with E-state index >= 15 is 0 Å². The number of nitrogens with one attached hydrogen (secondary N) is 1. The van der Waals surface area contributed by atoms with E-state index in [1.54, 1.807) is 28.9 Å². The molecular weight excluding hydrogens is 435 g/mol. The third-order valence-corrected chi connectivity index (χ3v) is 5.49. The minimum atomic E-state index is -4.47. The zero-order valence-corrected chi connectivity index (χ0v) is 18.2. The maximum atomic E-state index is 12.9. The van der Waals surface area contributed by atoms with E-state index in [2.05, 4.69) is 15.4 Å². The summed E-state index contributed by atoms with van der Waals surface area (Å²) in [6.45, 7) is 2.91. The lowest BCUT2D eigenvalue weighted by Crippen LogP contribution is -2.26. The van der Waals surface area contributed by atoms with E-state index < -0.39 is 11.9 Å². The van der Waals surface area contributed by atoms with Crippen LogP contribution in [0.2, 0.25) is 0 Å². The molecule has 1 saturated heterocycles. The predicted molar refractivity (Wildman–Crippen MR) is 116 cm³/mol. The molecule has 174 valence electrons. The first-order chi connectivity index (χ1) is 15.7. The van der Waals surface area contributed by atoms with Gasteiger partial charge in [0.1, 0.15) is 23.4 Å². The Morgan fingerprint density at radius 3 is 2.64 bits per heavy atom. The van der Waals surface area contributed by atoms with Gasteiger partial charge in [0, 0.05) is 26.2 Å². The van der Waals surface area contributed by atoms with Gasteiger partial charge in [0.05, 0.1) is 24.3 Å². The first kappa shape index (κ1) is 22.6. The highest BCUT2D eigenvalue weighted by Gasteiger charge is 2.33. The van der Waals surface area contributed by atoms with Crippen LogP contribution in [-0.2, 0) is 13.2 Å². The van der Waals surface area contributed by atoms with Crippen LogP contribution >= 0.6 is 0 Å². The van der Waals surface area contributed by atoms with Crippen molar-refractivity contribution in [2.24, 2.45) is 7.05 Å². The fourth-order valence-corrected chi connectivity index (χ4v) is 3.72. The number of ether oxygens (including phenoxy) is 1. The van der Waals surface area contributed by atoms with E-state index in [1.807, 2.05) is 31.2 Å². The normalized spacial score (nSPS) is 17.1. The molecule has 33 heavy (non-hydrogen) atoms. The summed E-state index contributed by atoms with van der Waals surface area (Å²) in [5.74, 6) is 0.753. The highest BCUT2D eigenvalue weighted by molar-refractivity contribution is 5.93. The van der Waals surface area contributed by atoms with Crippen molar-refractivity contribution in [1.82, 2.24) is 20.1 Å². The Bertz CT molecular complexity index is 1110. The molecular formula is C23H24F3N5O2. The molecule has 0 saturated carbocycles. The lowest BCUT2D eigenvalue weighted by molar-refractivity contribution is -0.141. The second-order valence-electron chi connectivity index (χ2n) is 8.02. The van der Waals surface area contributed by atoms with Gasteiger partial charge in [-0.25, -0.2) is 4.98 Å². The number of anilines is 1. The molecule has 3 heterocycles.